The fourth-order valence-electron chi connectivity index (χ4n) is 5.07. The van der Waals surface area contributed by atoms with Crippen LogP contribution >= 0.6 is 0 Å². The van der Waals surface area contributed by atoms with Crippen molar-refractivity contribution >= 4 is 32.7 Å². The zero-order valence-electron chi connectivity index (χ0n) is 17.8. The number of piperidine rings is 1. The zero-order valence-corrected chi connectivity index (χ0v) is 18.7. The topological polar surface area (TPSA) is 103 Å². The molecule has 2 aromatic heterocycles. The lowest BCUT2D eigenvalue weighted by Crippen LogP contribution is -2.71. The number of nitrogens with zero attached hydrogens (tertiary/aromatic N) is 5. The molecule has 4 aliphatic rings. The smallest absolute Gasteiger partial charge is 0.223 e. The Morgan fingerprint density at radius 1 is 1.13 bits per heavy atom. The Labute approximate surface area is 182 Å². The third kappa shape index (κ3) is 3.44. The number of aryl methyl sites for hydroxylation is 1. The Hall–Kier alpha value is -2.04. The van der Waals surface area contributed by atoms with Crippen molar-refractivity contribution in [3.05, 3.63) is 18.0 Å². The maximum Gasteiger partial charge on any atom is 0.223 e. The first-order valence-electron chi connectivity index (χ1n) is 11.3. The van der Waals surface area contributed by atoms with Gasteiger partial charge in [0.1, 0.15) is 5.52 Å². The highest BCUT2D eigenvalue weighted by atomic mass is 32.2. The first-order chi connectivity index (χ1) is 14.9. The van der Waals surface area contributed by atoms with Crippen LogP contribution in [-0.4, -0.2) is 78.2 Å². The van der Waals surface area contributed by atoms with Crippen LogP contribution in [0, 0.1) is 12.3 Å². The van der Waals surface area contributed by atoms with Crippen LogP contribution in [0.3, 0.4) is 0 Å². The molecule has 0 radical (unpaired) electrons. The molecule has 5 heterocycles. The SMILES string of the molecule is Cc1cc2cnc(NC3CCN(S(=O)(=O)C4CC4)CC3)nc2c(N2CC3(CNC3)C2)n1. The third-order valence-electron chi connectivity index (χ3n) is 7.12. The van der Waals surface area contributed by atoms with Gasteiger partial charge in [-0.3, -0.25) is 0 Å². The fourth-order valence-corrected chi connectivity index (χ4v) is 6.95. The van der Waals surface area contributed by atoms with E-state index in [0.29, 0.717) is 24.5 Å². The molecule has 2 N–H and O–H groups in total. The largest absolute Gasteiger partial charge is 0.353 e. The summed E-state index contributed by atoms with van der Waals surface area (Å²) in [5, 5.41) is 7.70. The van der Waals surface area contributed by atoms with E-state index in [9.17, 15) is 8.42 Å². The molecule has 4 fully saturated rings. The molecular formula is C21H29N7O2S. The molecule has 0 unspecified atom stereocenters. The molecule has 6 rings (SSSR count). The molecule has 31 heavy (non-hydrogen) atoms. The standard InChI is InChI=1S/C21H29N7O2S/c1-14-8-15-9-23-20(25-16-4-6-28(7-5-16)31(29,30)17-2-3-17)26-18(15)19(24-14)27-12-21(13-27)10-22-11-21/h8-9,16-17,22H,2-7,10-13H2,1H3,(H,23,25,26). The van der Waals surface area contributed by atoms with Gasteiger partial charge in [0.2, 0.25) is 16.0 Å². The Kier molecular flexibility index (Phi) is 4.42. The van der Waals surface area contributed by atoms with Crippen LogP contribution in [0.25, 0.3) is 10.9 Å². The van der Waals surface area contributed by atoms with Crippen LogP contribution in [0.5, 0.6) is 0 Å². The minimum Gasteiger partial charge on any atom is -0.353 e. The molecule has 0 bridgehead atoms. The van der Waals surface area contributed by atoms with Gasteiger partial charge in [0.05, 0.1) is 5.25 Å². The predicted molar refractivity (Wildman–Crippen MR) is 120 cm³/mol. The second-order valence-corrected chi connectivity index (χ2v) is 12.0. The van der Waals surface area contributed by atoms with Crippen LogP contribution in [0.4, 0.5) is 11.8 Å². The normalized spacial score (nSPS) is 24.2. The summed E-state index contributed by atoms with van der Waals surface area (Å²) in [6.07, 6.45) is 5.05. The van der Waals surface area contributed by atoms with Crippen molar-refractivity contribution in [3.63, 3.8) is 0 Å². The number of fused-ring (bicyclic) bond motifs is 1. The van der Waals surface area contributed by atoms with Crippen molar-refractivity contribution in [1.29, 1.82) is 0 Å². The second kappa shape index (κ2) is 6.98. The molecule has 0 aromatic carbocycles. The van der Waals surface area contributed by atoms with E-state index in [2.05, 4.69) is 20.5 Å². The number of anilines is 2. The highest BCUT2D eigenvalue weighted by molar-refractivity contribution is 7.90. The molecule has 3 aliphatic heterocycles. The van der Waals surface area contributed by atoms with Gasteiger partial charge in [0.15, 0.2) is 5.82 Å². The molecular weight excluding hydrogens is 414 g/mol. The molecule has 1 spiro atoms. The molecule has 9 nitrogen and oxygen atoms in total. The summed E-state index contributed by atoms with van der Waals surface area (Å²) >= 11 is 0. The van der Waals surface area contributed by atoms with Crippen molar-refractivity contribution in [2.24, 2.45) is 5.41 Å². The van der Waals surface area contributed by atoms with Crippen molar-refractivity contribution in [1.82, 2.24) is 24.6 Å². The van der Waals surface area contributed by atoms with E-state index in [0.717, 1.165) is 74.3 Å². The van der Waals surface area contributed by atoms with E-state index in [-0.39, 0.29) is 11.3 Å². The van der Waals surface area contributed by atoms with E-state index in [4.69, 9.17) is 9.97 Å². The molecule has 1 saturated carbocycles. The first-order valence-corrected chi connectivity index (χ1v) is 12.8. The van der Waals surface area contributed by atoms with E-state index < -0.39 is 10.0 Å². The van der Waals surface area contributed by atoms with Gasteiger partial charge in [-0.05, 0) is 38.7 Å². The summed E-state index contributed by atoms with van der Waals surface area (Å²) in [7, 11) is -3.08. The number of aromatic nitrogens is 3. The van der Waals surface area contributed by atoms with Gasteiger partial charge in [-0.25, -0.2) is 27.7 Å². The van der Waals surface area contributed by atoms with Gasteiger partial charge in [-0.2, -0.15) is 0 Å². The van der Waals surface area contributed by atoms with Crippen molar-refractivity contribution in [2.75, 3.05) is 49.5 Å². The van der Waals surface area contributed by atoms with Crippen LogP contribution in [0.1, 0.15) is 31.4 Å². The molecule has 1 aliphatic carbocycles. The van der Waals surface area contributed by atoms with Gasteiger partial charge >= 0.3 is 0 Å². The van der Waals surface area contributed by atoms with Gasteiger partial charge in [-0.15, -0.1) is 0 Å². The molecule has 0 amide bonds. The lowest BCUT2D eigenvalue weighted by atomic mass is 9.74. The summed E-state index contributed by atoms with van der Waals surface area (Å²) < 4.78 is 26.6. The Bertz CT molecular complexity index is 1110. The quantitative estimate of drug-likeness (QED) is 0.709. The lowest BCUT2D eigenvalue weighted by molar-refractivity contribution is 0.121. The molecule has 3 saturated heterocycles. The number of nitrogens with one attached hydrogen (secondary N) is 2. The van der Waals surface area contributed by atoms with E-state index in [1.165, 1.54) is 0 Å². The van der Waals surface area contributed by atoms with Gasteiger partial charge in [0, 0.05) is 68.0 Å². The van der Waals surface area contributed by atoms with Crippen molar-refractivity contribution in [2.45, 2.75) is 43.9 Å². The Balaban J connectivity index is 1.18. The van der Waals surface area contributed by atoms with Crippen molar-refractivity contribution < 1.29 is 8.42 Å². The monoisotopic (exact) mass is 443 g/mol. The van der Waals surface area contributed by atoms with Crippen LogP contribution in [-0.2, 0) is 10.0 Å². The summed E-state index contributed by atoms with van der Waals surface area (Å²) in [4.78, 5) is 16.5. The van der Waals surface area contributed by atoms with Gasteiger partial charge < -0.3 is 15.5 Å². The van der Waals surface area contributed by atoms with Crippen LogP contribution < -0.4 is 15.5 Å². The van der Waals surface area contributed by atoms with Gasteiger partial charge in [0.25, 0.3) is 0 Å². The highest BCUT2D eigenvalue weighted by Gasteiger charge is 2.48. The summed E-state index contributed by atoms with van der Waals surface area (Å²) in [5.74, 6) is 1.55. The molecule has 166 valence electrons. The summed E-state index contributed by atoms with van der Waals surface area (Å²) in [6, 6.07) is 2.21. The maximum atomic E-state index is 12.5. The van der Waals surface area contributed by atoms with Crippen LogP contribution in [0.2, 0.25) is 0 Å². The number of hydrogen-bond acceptors (Lipinski definition) is 8. The average Bonchev–Trinajstić information content (AvgIpc) is 3.52. The van der Waals surface area contributed by atoms with E-state index in [1.54, 1.807) is 4.31 Å². The summed E-state index contributed by atoms with van der Waals surface area (Å²) in [6.45, 7) is 7.37. The third-order valence-corrected chi connectivity index (χ3v) is 9.52. The van der Waals surface area contributed by atoms with Crippen molar-refractivity contribution in [3.8, 4) is 0 Å². The molecule has 0 atom stereocenters. The first kappa shape index (κ1) is 19.6. The number of hydrogen-bond donors (Lipinski definition) is 2. The number of rotatable bonds is 5. The Morgan fingerprint density at radius 3 is 2.52 bits per heavy atom. The minimum atomic E-state index is -3.08. The summed E-state index contributed by atoms with van der Waals surface area (Å²) in [5.41, 5.74) is 2.28. The second-order valence-electron chi connectivity index (χ2n) is 9.74. The van der Waals surface area contributed by atoms with E-state index in [1.807, 2.05) is 19.2 Å². The van der Waals surface area contributed by atoms with Crippen LogP contribution in [0.15, 0.2) is 12.3 Å². The maximum absolute atomic E-state index is 12.5. The zero-order chi connectivity index (χ0) is 21.2. The molecule has 10 heteroatoms. The predicted octanol–water partition coefficient (Wildman–Crippen LogP) is 1.11. The minimum absolute atomic E-state index is 0.133. The fraction of sp³-hybridized carbons (Fsp3) is 0.667. The number of pyridine rings is 1. The Morgan fingerprint density at radius 2 is 1.87 bits per heavy atom. The lowest BCUT2D eigenvalue weighted by Gasteiger charge is -2.56. The van der Waals surface area contributed by atoms with Gasteiger partial charge in [-0.1, -0.05) is 0 Å². The highest BCUT2D eigenvalue weighted by Crippen LogP contribution is 2.39. The average molecular weight is 444 g/mol. The number of sulfonamides is 1. The molecule has 2 aromatic rings. The van der Waals surface area contributed by atoms with E-state index >= 15 is 0 Å².